The van der Waals surface area contributed by atoms with Gasteiger partial charge in [0, 0.05) is 12.4 Å². The Morgan fingerprint density at radius 1 is 0.900 bits per heavy atom. The number of hydrogen-bond acceptors (Lipinski definition) is 2. The third-order valence-corrected chi connectivity index (χ3v) is 4.10. The van der Waals surface area contributed by atoms with Crippen LogP contribution in [-0.2, 0) is 0 Å². The van der Waals surface area contributed by atoms with Crippen molar-refractivity contribution < 1.29 is 5.11 Å². The summed E-state index contributed by atoms with van der Waals surface area (Å²) in [5.41, 5.74) is 4.40. The first-order valence-electron chi connectivity index (χ1n) is 7.69. The summed E-state index contributed by atoms with van der Waals surface area (Å²) in [7, 11) is 0. The van der Waals surface area contributed by atoms with Crippen molar-refractivity contribution >= 4 is 11.8 Å². The minimum Gasteiger partial charge on any atom is -0.396 e. The number of allylic oxidation sites excluding steroid dienone is 5. The minimum absolute atomic E-state index is 0.312. The van der Waals surface area contributed by atoms with Crippen LogP contribution < -0.4 is 0 Å². The number of thioether (sulfide) groups is 1. The van der Waals surface area contributed by atoms with Gasteiger partial charge in [-0.25, -0.2) is 0 Å². The van der Waals surface area contributed by atoms with Crippen molar-refractivity contribution in [3.63, 3.8) is 0 Å². The first kappa shape index (κ1) is 19.5. The molecule has 0 saturated carbocycles. The normalized spacial score (nSPS) is 12.7. The Kier molecular flexibility index (Phi) is 13.2. The van der Waals surface area contributed by atoms with Crippen LogP contribution in [0.15, 0.2) is 34.9 Å². The molecule has 116 valence electrons. The summed E-state index contributed by atoms with van der Waals surface area (Å²) in [6.07, 6.45) is 12.6. The molecule has 0 amide bonds. The fourth-order valence-electron chi connectivity index (χ4n) is 1.79. The van der Waals surface area contributed by atoms with Crippen LogP contribution in [0.2, 0.25) is 0 Å². The van der Waals surface area contributed by atoms with Crippen LogP contribution in [0.3, 0.4) is 0 Å². The predicted molar refractivity (Wildman–Crippen MR) is 94.4 cm³/mol. The lowest BCUT2D eigenvalue weighted by Crippen LogP contribution is -1.87. The van der Waals surface area contributed by atoms with Crippen LogP contribution in [0.4, 0.5) is 0 Å². The molecule has 0 aromatic rings. The summed E-state index contributed by atoms with van der Waals surface area (Å²) < 4.78 is 0. The van der Waals surface area contributed by atoms with Crippen LogP contribution in [0.25, 0.3) is 0 Å². The minimum atomic E-state index is 0.312. The van der Waals surface area contributed by atoms with E-state index in [1.54, 1.807) is 0 Å². The highest BCUT2D eigenvalue weighted by Crippen LogP contribution is 2.12. The third kappa shape index (κ3) is 14.0. The van der Waals surface area contributed by atoms with Crippen molar-refractivity contribution in [2.75, 3.05) is 18.1 Å². The van der Waals surface area contributed by atoms with Gasteiger partial charge in [0.15, 0.2) is 0 Å². The molecule has 0 aliphatic carbocycles. The topological polar surface area (TPSA) is 20.2 Å². The molecule has 0 aliphatic rings. The molecule has 0 aromatic carbocycles. The average molecular weight is 297 g/mol. The highest BCUT2D eigenvalue weighted by Gasteiger charge is 1.92. The Morgan fingerprint density at radius 2 is 1.50 bits per heavy atom. The van der Waals surface area contributed by atoms with Crippen molar-refractivity contribution in [2.24, 2.45) is 0 Å². The lowest BCUT2D eigenvalue weighted by Gasteiger charge is -2.02. The lowest BCUT2D eigenvalue weighted by atomic mass is 10.1. The summed E-state index contributed by atoms with van der Waals surface area (Å²) in [5, 5.41) is 8.70. The van der Waals surface area contributed by atoms with Gasteiger partial charge in [0.2, 0.25) is 0 Å². The van der Waals surface area contributed by atoms with Gasteiger partial charge in [0.25, 0.3) is 0 Å². The molecule has 0 atom stereocenters. The molecule has 2 heteroatoms. The maximum Gasteiger partial charge on any atom is 0.0438 e. The monoisotopic (exact) mass is 296 g/mol. The van der Waals surface area contributed by atoms with E-state index in [0.29, 0.717) is 6.61 Å². The smallest absolute Gasteiger partial charge is 0.0438 e. The molecule has 0 unspecified atom stereocenters. The van der Waals surface area contributed by atoms with Gasteiger partial charge in [0.1, 0.15) is 0 Å². The van der Waals surface area contributed by atoms with E-state index in [1.807, 2.05) is 11.8 Å². The van der Waals surface area contributed by atoms with Gasteiger partial charge in [-0.05, 0) is 65.6 Å². The Labute approximate surface area is 130 Å². The zero-order valence-corrected chi connectivity index (χ0v) is 14.6. The first-order valence-corrected chi connectivity index (χ1v) is 8.85. The highest BCUT2D eigenvalue weighted by molar-refractivity contribution is 7.99. The molecule has 1 N–H and O–H groups in total. The van der Waals surface area contributed by atoms with E-state index >= 15 is 0 Å². The van der Waals surface area contributed by atoms with E-state index in [-0.39, 0.29) is 0 Å². The molecule has 0 aliphatic heterocycles. The molecule has 0 aromatic heterocycles. The number of aliphatic hydroxyl groups is 1. The van der Waals surface area contributed by atoms with E-state index < -0.39 is 0 Å². The zero-order chi connectivity index (χ0) is 15.2. The van der Waals surface area contributed by atoms with E-state index in [0.717, 1.165) is 24.3 Å². The van der Waals surface area contributed by atoms with Crippen molar-refractivity contribution in [3.8, 4) is 0 Å². The number of aliphatic hydroxyl groups excluding tert-OH is 1. The Bertz CT molecular complexity index is 322. The van der Waals surface area contributed by atoms with Crippen molar-refractivity contribution in [2.45, 2.75) is 59.8 Å². The molecular weight excluding hydrogens is 264 g/mol. The van der Waals surface area contributed by atoms with Crippen LogP contribution >= 0.6 is 11.8 Å². The third-order valence-electron chi connectivity index (χ3n) is 3.12. The second kappa shape index (κ2) is 13.5. The van der Waals surface area contributed by atoms with Crippen LogP contribution in [0.1, 0.15) is 59.8 Å². The van der Waals surface area contributed by atoms with E-state index in [1.165, 1.54) is 36.0 Å². The quantitative estimate of drug-likeness (QED) is 0.400. The van der Waals surface area contributed by atoms with Gasteiger partial charge in [0.05, 0.1) is 0 Å². The Hall–Kier alpha value is -0.470. The fraction of sp³-hybridized carbons (Fsp3) is 0.667. The summed E-state index contributed by atoms with van der Waals surface area (Å²) in [4.78, 5) is 0. The van der Waals surface area contributed by atoms with Crippen molar-refractivity contribution in [1.82, 2.24) is 0 Å². The van der Waals surface area contributed by atoms with Gasteiger partial charge in [-0.1, -0.05) is 34.9 Å². The molecule has 0 rings (SSSR count). The Morgan fingerprint density at radius 3 is 2.10 bits per heavy atom. The molecule has 0 radical (unpaired) electrons. The Balaban J connectivity index is 3.74. The average Bonchev–Trinajstić information content (AvgIpc) is 2.38. The van der Waals surface area contributed by atoms with Gasteiger partial charge < -0.3 is 5.11 Å². The SMILES string of the molecule is CC(C)=CCC/C(C)=C/CC/C(C)=C/CSCCCO. The highest BCUT2D eigenvalue weighted by atomic mass is 32.2. The fourth-order valence-corrected chi connectivity index (χ4v) is 2.69. The van der Waals surface area contributed by atoms with Gasteiger partial charge in [-0.3, -0.25) is 0 Å². The second-order valence-electron chi connectivity index (χ2n) is 5.61. The molecule has 0 fully saturated rings. The standard InChI is InChI=1S/C18H32OS/c1-16(2)8-5-9-17(3)10-6-11-18(4)12-15-20-14-7-13-19/h8,10,12,19H,5-7,9,11,13-15H2,1-4H3/b17-10+,18-12+. The summed E-state index contributed by atoms with van der Waals surface area (Å²) >= 11 is 1.90. The van der Waals surface area contributed by atoms with Crippen LogP contribution in [0, 0.1) is 0 Å². The van der Waals surface area contributed by atoms with Crippen molar-refractivity contribution in [1.29, 1.82) is 0 Å². The van der Waals surface area contributed by atoms with Gasteiger partial charge in [-0.15, -0.1) is 0 Å². The largest absolute Gasteiger partial charge is 0.396 e. The molecule has 20 heavy (non-hydrogen) atoms. The molecule has 1 nitrogen and oxygen atoms in total. The van der Waals surface area contributed by atoms with E-state index in [2.05, 4.69) is 45.9 Å². The first-order chi connectivity index (χ1) is 9.56. The lowest BCUT2D eigenvalue weighted by molar-refractivity contribution is 0.296. The summed E-state index contributed by atoms with van der Waals surface area (Å²) in [5.74, 6) is 2.14. The molecular formula is C18H32OS. The van der Waals surface area contributed by atoms with Gasteiger partial charge in [-0.2, -0.15) is 11.8 Å². The maximum atomic E-state index is 8.70. The van der Waals surface area contributed by atoms with E-state index in [4.69, 9.17) is 5.11 Å². The molecule has 0 bridgehead atoms. The number of hydrogen-bond donors (Lipinski definition) is 1. The van der Waals surface area contributed by atoms with Crippen molar-refractivity contribution in [3.05, 3.63) is 34.9 Å². The van der Waals surface area contributed by atoms with Crippen LogP contribution in [0.5, 0.6) is 0 Å². The molecule has 0 spiro atoms. The zero-order valence-electron chi connectivity index (χ0n) is 13.7. The maximum absolute atomic E-state index is 8.70. The van der Waals surface area contributed by atoms with E-state index in [9.17, 15) is 0 Å². The van der Waals surface area contributed by atoms with Gasteiger partial charge >= 0.3 is 0 Å². The number of rotatable bonds is 11. The molecule has 0 saturated heterocycles. The summed E-state index contributed by atoms with van der Waals surface area (Å²) in [6.45, 7) is 9.09. The summed E-state index contributed by atoms with van der Waals surface area (Å²) in [6, 6.07) is 0. The molecule has 0 heterocycles. The second-order valence-corrected chi connectivity index (χ2v) is 6.76. The predicted octanol–water partition coefficient (Wildman–Crippen LogP) is 5.52. The van der Waals surface area contributed by atoms with Crippen LogP contribution in [-0.4, -0.2) is 23.2 Å².